The number of unbranched alkanes of at least 4 members (excludes halogenated alkanes) is 23. The zero-order valence-corrected chi connectivity index (χ0v) is 37.1. The Morgan fingerprint density at radius 1 is 0.518 bits per heavy atom. The molecule has 0 saturated carbocycles. The van der Waals surface area contributed by atoms with Crippen molar-refractivity contribution < 1.29 is 9.59 Å². The molecule has 0 aliphatic heterocycles. The van der Waals surface area contributed by atoms with Crippen LogP contribution in [0.3, 0.4) is 0 Å². The van der Waals surface area contributed by atoms with Gasteiger partial charge in [0.25, 0.3) is 0 Å². The van der Waals surface area contributed by atoms with Crippen LogP contribution >= 0.6 is 0 Å². The van der Waals surface area contributed by atoms with Gasteiger partial charge < -0.3 is 27.0 Å². The molecule has 12 nitrogen and oxygen atoms in total. The van der Waals surface area contributed by atoms with E-state index in [1.807, 2.05) is 21.7 Å². The van der Waals surface area contributed by atoms with Crippen LogP contribution in [-0.2, 0) is 9.59 Å². The number of guanidine groups is 2. The third-order valence-corrected chi connectivity index (χ3v) is 10.7. The lowest BCUT2D eigenvalue weighted by Gasteiger charge is -2.31. The summed E-state index contributed by atoms with van der Waals surface area (Å²) in [6.07, 6.45) is 33.9. The van der Waals surface area contributed by atoms with Crippen molar-refractivity contribution in [2.75, 3.05) is 45.8 Å². The number of hydrogen-bond donors (Lipinski definition) is 7. The van der Waals surface area contributed by atoms with Crippen molar-refractivity contribution in [1.29, 1.82) is 10.8 Å². The number of carbonyl (C=O) groups excluding carboxylic acids is 2. The maximum absolute atomic E-state index is 13.5. The van der Waals surface area contributed by atoms with Gasteiger partial charge >= 0.3 is 0 Å². The predicted octanol–water partition coefficient (Wildman–Crippen LogP) is 8.74. The molecule has 0 spiro atoms. The van der Waals surface area contributed by atoms with E-state index in [9.17, 15) is 9.59 Å². The highest BCUT2D eigenvalue weighted by molar-refractivity contribution is 5.85. The van der Waals surface area contributed by atoms with Crippen LogP contribution in [0.15, 0.2) is 0 Å². The smallest absolute Gasteiger partial charge is 0.241 e. The van der Waals surface area contributed by atoms with Gasteiger partial charge in [-0.2, -0.15) is 0 Å². The van der Waals surface area contributed by atoms with E-state index in [1.54, 1.807) is 0 Å². The summed E-state index contributed by atoms with van der Waals surface area (Å²) < 4.78 is 0. The molecule has 0 saturated heterocycles. The summed E-state index contributed by atoms with van der Waals surface area (Å²) in [7, 11) is 0. The molecule has 0 aliphatic rings. The Labute approximate surface area is 345 Å². The molecule has 0 rings (SSSR count). The summed E-state index contributed by atoms with van der Waals surface area (Å²) in [5.41, 5.74) is 14.1. The van der Waals surface area contributed by atoms with Crippen LogP contribution in [0.4, 0.5) is 0 Å². The lowest BCUT2D eigenvalue weighted by Crippen LogP contribution is -2.53. The molecular formula is C44H92N10O2. The van der Waals surface area contributed by atoms with Crippen LogP contribution in [-0.4, -0.2) is 90.5 Å². The van der Waals surface area contributed by atoms with Crippen molar-refractivity contribution in [2.45, 2.75) is 214 Å². The first-order valence-corrected chi connectivity index (χ1v) is 23.4. The fraction of sp³-hybridized carbons (Fsp3) is 0.909. The molecule has 0 aromatic heterocycles. The monoisotopic (exact) mass is 793 g/mol. The minimum Gasteiger partial charge on any atom is -0.370 e. The van der Waals surface area contributed by atoms with Gasteiger partial charge in [-0.3, -0.25) is 30.7 Å². The molecule has 0 aromatic rings. The van der Waals surface area contributed by atoms with Crippen molar-refractivity contribution in [3.05, 3.63) is 0 Å². The van der Waals surface area contributed by atoms with Gasteiger partial charge in [-0.25, -0.2) is 5.01 Å². The van der Waals surface area contributed by atoms with Gasteiger partial charge in [-0.1, -0.05) is 169 Å². The molecule has 330 valence electrons. The van der Waals surface area contributed by atoms with Crippen molar-refractivity contribution >= 4 is 23.7 Å². The van der Waals surface area contributed by atoms with Gasteiger partial charge in [0.2, 0.25) is 17.8 Å². The quantitative estimate of drug-likeness (QED) is 0.0106. The van der Waals surface area contributed by atoms with Gasteiger partial charge in [0.05, 0.1) is 19.3 Å². The van der Waals surface area contributed by atoms with E-state index >= 15 is 0 Å². The Kier molecular flexibility index (Phi) is 37.4. The van der Waals surface area contributed by atoms with Gasteiger partial charge in [0.15, 0.2) is 5.96 Å². The SMILES string of the molecule is CCCCCCCCCCCCCCN(CCCCCCCCCCCCCC)C(=O)CNC(=O)CN(CCCCN(CCC)NC(=N)N)C(CC)NC(=N)N. The molecule has 2 amide bonds. The highest BCUT2D eigenvalue weighted by Crippen LogP contribution is 2.14. The normalized spacial score (nSPS) is 11.9. The van der Waals surface area contributed by atoms with Gasteiger partial charge in [0.1, 0.15) is 0 Å². The van der Waals surface area contributed by atoms with Crippen LogP contribution in [0.25, 0.3) is 0 Å². The fourth-order valence-corrected chi connectivity index (χ4v) is 7.43. The second kappa shape index (κ2) is 39.2. The average molecular weight is 793 g/mol. The lowest BCUT2D eigenvalue weighted by molar-refractivity contribution is -0.133. The number of nitrogens with one attached hydrogen (secondary N) is 5. The number of nitrogens with zero attached hydrogens (tertiary/aromatic N) is 3. The van der Waals surface area contributed by atoms with Gasteiger partial charge in [0, 0.05) is 32.7 Å². The van der Waals surface area contributed by atoms with Crippen LogP contribution in [0, 0.1) is 10.8 Å². The largest absolute Gasteiger partial charge is 0.370 e. The first-order chi connectivity index (χ1) is 27.2. The maximum Gasteiger partial charge on any atom is 0.241 e. The molecule has 12 heteroatoms. The van der Waals surface area contributed by atoms with Crippen molar-refractivity contribution in [1.82, 2.24) is 30.9 Å². The molecule has 0 aromatic carbocycles. The molecule has 56 heavy (non-hydrogen) atoms. The standard InChI is InChI=1S/C44H92N10O2/c1-5-9-11-13-15-17-19-21-23-25-27-29-34-52(35-30-28-26-24-22-20-18-16-14-12-10-6-2)42(56)38-49-41(55)39-53(40(8-4)50-43(45)46)36-31-32-37-54(33-7-3)51-44(47)48/h40H,5-39H2,1-4H3,(H,49,55)(H4,45,46,50)(H4,47,48,51). The van der Waals surface area contributed by atoms with Gasteiger partial charge in [-0.15, -0.1) is 0 Å². The van der Waals surface area contributed by atoms with Crippen LogP contribution < -0.4 is 27.5 Å². The summed E-state index contributed by atoms with van der Waals surface area (Å²) >= 11 is 0. The second-order valence-electron chi connectivity index (χ2n) is 16.1. The topological polar surface area (TPSA) is 180 Å². The molecule has 0 heterocycles. The molecular weight excluding hydrogens is 701 g/mol. The molecule has 0 aliphatic carbocycles. The maximum atomic E-state index is 13.5. The number of rotatable bonds is 41. The highest BCUT2D eigenvalue weighted by Gasteiger charge is 2.21. The van der Waals surface area contributed by atoms with Crippen molar-refractivity contribution in [3.8, 4) is 0 Å². The van der Waals surface area contributed by atoms with Crippen molar-refractivity contribution in [2.24, 2.45) is 11.5 Å². The zero-order chi connectivity index (χ0) is 41.5. The third-order valence-electron chi connectivity index (χ3n) is 10.7. The number of hydrogen-bond acceptors (Lipinski definition) is 6. The molecule has 0 bridgehead atoms. The summed E-state index contributed by atoms with van der Waals surface area (Å²) in [5, 5.41) is 23.2. The van der Waals surface area contributed by atoms with E-state index in [0.29, 0.717) is 19.5 Å². The first kappa shape index (κ1) is 53.4. The molecule has 9 N–H and O–H groups in total. The third kappa shape index (κ3) is 33.5. The summed E-state index contributed by atoms with van der Waals surface area (Å²) in [5.74, 6) is -0.421. The average Bonchev–Trinajstić information content (AvgIpc) is 3.16. The lowest BCUT2D eigenvalue weighted by atomic mass is 10.0. The number of nitrogens with two attached hydrogens (primary N) is 2. The predicted molar refractivity (Wildman–Crippen MR) is 239 cm³/mol. The van der Waals surface area contributed by atoms with E-state index in [-0.39, 0.29) is 43.0 Å². The summed E-state index contributed by atoms with van der Waals surface area (Å²) in [6, 6.07) is 0. The Bertz CT molecular complexity index is 925. The summed E-state index contributed by atoms with van der Waals surface area (Å²) in [6.45, 7) is 12.3. The molecule has 0 radical (unpaired) electrons. The minimum absolute atomic E-state index is 0.000986. The van der Waals surface area contributed by atoms with Crippen molar-refractivity contribution in [3.63, 3.8) is 0 Å². The van der Waals surface area contributed by atoms with E-state index in [0.717, 1.165) is 64.6 Å². The van der Waals surface area contributed by atoms with E-state index in [1.165, 1.54) is 128 Å². The number of amides is 2. The van der Waals surface area contributed by atoms with Crippen LogP contribution in [0.2, 0.25) is 0 Å². The van der Waals surface area contributed by atoms with Crippen LogP contribution in [0.5, 0.6) is 0 Å². The summed E-state index contributed by atoms with van der Waals surface area (Å²) in [4.78, 5) is 30.8. The Hall–Kier alpha value is -2.60. The molecule has 0 fully saturated rings. The van der Waals surface area contributed by atoms with Gasteiger partial charge in [-0.05, 0) is 38.5 Å². The number of carbonyl (C=O) groups is 2. The van der Waals surface area contributed by atoms with Crippen LogP contribution in [0.1, 0.15) is 207 Å². The Balaban J connectivity index is 4.99. The van der Waals surface area contributed by atoms with E-state index < -0.39 is 0 Å². The molecule has 1 atom stereocenters. The van der Waals surface area contributed by atoms with E-state index in [4.69, 9.17) is 22.3 Å². The second-order valence-corrected chi connectivity index (χ2v) is 16.1. The first-order valence-electron chi connectivity index (χ1n) is 23.4. The fourth-order valence-electron chi connectivity index (χ4n) is 7.43. The Morgan fingerprint density at radius 3 is 1.32 bits per heavy atom. The Morgan fingerprint density at radius 2 is 0.929 bits per heavy atom. The molecule has 1 unspecified atom stereocenters. The number of hydrazine groups is 1. The highest BCUT2D eigenvalue weighted by atomic mass is 16.2. The van der Waals surface area contributed by atoms with E-state index in [2.05, 4.69) is 36.8 Å². The minimum atomic E-state index is -0.274. The zero-order valence-electron chi connectivity index (χ0n) is 37.1.